The van der Waals surface area contributed by atoms with Crippen molar-refractivity contribution in [1.82, 2.24) is 14.6 Å². The molecule has 0 aromatic carbocycles. The molecule has 0 aliphatic rings. The molecule has 0 N–H and O–H groups in total. The number of aryl methyl sites for hydroxylation is 2. The van der Waals surface area contributed by atoms with Gasteiger partial charge in [0, 0.05) is 6.42 Å². The molecule has 0 amide bonds. The van der Waals surface area contributed by atoms with E-state index in [1.54, 1.807) is 11.3 Å². The molecular weight excluding hydrogens is 206 g/mol. The van der Waals surface area contributed by atoms with Crippen molar-refractivity contribution in [1.29, 1.82) is 0 Å². The lowest BCUT2D eigenvalue weighted by atomic mass is 10.1. The van der Waals surface area contributed by atoms with Crippen LogP contribution < -0.4 is 0 Å². The van der Waals surface area contributed by atoms with Crippen molar-refractivity contribution in [3.63, 3.8) is 0 Å². The predicted molar refractivity (Wildman–Crippen MR) is 63.5 cm³/mol. The van der Waals surface area contributed by atoms with E-state index in [9.17, 15) is 0 Å². The van der Waals surface area contributed by atoms with Gasteiger partial charge in [0.25, 0.3) is 0 Å². The second-order valence-electron chi connectivity index (χ2n) is 4.29. The monoisotopic (exact) mass is 223 g/mol. The molecule has 82 valence electrons. The lowest BCUT2D eigenvalue weighted by molar-refractivity contribution is 0.635. The zero-order chi connectivity index (χ0) is 11.0. The van der Waals surface area contributed by atoms with Crippen LogP contribution in [0.5, 0.6) is 0 Å². The molecule has 0 radical (unpaired) electrons. The van der Waals surface area contributed by atoms with Crippen molar-refractivity contribution in [2.75, 3.05) is 0 Å². The molecule has 0 unspecified atom stereocenters. The zero-order valence-electron chi connectivity index (χ0n) is 9.74. The molecule has 2 heterocycles. The number of nitrogens with zero attached hydrogens (tertiary/aromatic N) is 3. The van der Waals surface area contributed by atoms with Crippen LogP contribution in [0, 0.1) is 12.8 Å². The molecule has 4 heteroatoms. The third kappa shape index (κ3) is 1.91. The first-order valence-corrected chi connectivity index (χ1v) is 6.27. The quantitative estimate of drug-likeness (QED) is 0.801. The summed E-state index contributed by atoms with van der Waals surface area (Å²) >= 11 is 1.72. The van der Waals surface area contributed by atoms with Crippen LogP contribution >= 0.6 is 11.3 Å². The molecule has 15 heavy (non-hydrogen) atoms. The second-order valence-corrected chi connectivity index (χ2v) is 5.33. The molecule has 0 spiro atoms. The summed E-state index contributed by atoms with van der Waals surface area (Å²) in [5, 5.41) is 5.81. The van der Waals surface area contributed by atoms with Gasteiger partial charge in [0.05, 0.1) is 11.4 Å². The Labute approximate surface area is 94.2 Å². The van der Waals surface area contributed by atoms with E-state index in [2.05, 4.69) is 37.8 Å². The minimum atomic E-state index is 0.659. The van der Waals surface area contributed by atoms with Crippen molar-refractivity contribution >= 4 is 16.3 Å². The average Bonchev–Trinajstić information content (AvgIpc) is 2.59. The van der Waals surface area contributed by atoms with Crippen LogP contribution in [0.3, 0.4) is 0 Å². The highest BCUT2D eigenvalue weighted by Crippen LogP contribution is 2.20. The van der Waals surface area contributed by atoms with E-state index in [1.165, 1.54) is 10.7 Å². The molecular formula is C11H17N3S. The summed E-state index contributed by atoms with van der Waals surface area (Å²) in [6, 6.07) is 0. The molecule has 0 saturated carbocycles. The van der Waals surface area contributed by atoms with Crippen LogP contribution in [0.4, 0.5) is 0 Å². The van der Waals surface area contributed by atoms with Gasteiger partial charge in [-0.3, -0.25) is 0 Å². The summed E-state index contributed by atoms with van der Waals surface area (Å²) in [5.41, 5.74) is 2.36. The van der Waals surface area contributed by atoms with Crippen LogP contribution in [0.2, 0.25) is 0 Å². The van der Waals surface area contributed by atoms with E-state index in [-0.39, 0.29) is 0 Å². The maximum absolute atomic E-state index is 4.62. The number of imidazole rings is 1. The molecule has 2 aromatic rings. The molecule has 0 aliphatic carbocycles. The summed E-state index contributed by atoms with van der Waals surface area (Å²) in [5.74, 6) is 0.659. The number of rotatable bonds is 3. The maximum Gasteiger partial charge on any atom is 0.212 e. The first-order valence-electron chi connectivity index (χ1n) is 5.45. The Morgan fingerprint density at radius 3 is 2.73 bits per heavy atom. The fourth-order valence-corrected chi connectivity index (χ4v) is 2.94. The minimum Gasteiger partial charge on any atom is -0.223 e. The van der Waals surface area contributed by atoms with Gasteiger partial charge in [0.15, 0.2) is 0 Å². The summed E-state index contributed by atoms with van der Waals surface area (Å²) in [7, 11) is 0. The number of aromatic nitrogens is 3. The van der Waals surface area contributed by atoms with Crippen molar-refractivity contribution in [3.8, 4) is 0 Å². The van der Waals surface area contributed by atoms with E-state index in [0.717, 1.165) is 23.5 Å². The van der Waals surface area contributed by atoms with Crippen molar-refractivity contribution < 1.29 is 0 Å². The van der Waals surface area contributed by atoms with E-state index in [1.807, 2.05) is 4.52 Å². The van der Waals surface area contributed by atoms with Gasteiger partial charge in [-0.25, -0.2) is 9.50 Å². The molecule has 0 atom stereocenters. The second kappa shape index (κ2) is 3.93. The Bertz CT molecular complexity index is 467. The minimum absolute atomic E-state index is 0.659. The van der Waals surface area contributed by atoms with Gasteiger partial charge in [-0.15, -0.1) is 0 Å². The van der Waals surface area contributed by atoms with Gasteiger partial charge in [-0.2, -0.15) is 5.10 Å². The van der Waals surface area contributed by atoms with Crippen LogP contribution in [-0.2, 0) is 12.8 Å². The largest absolute Gasteiger partial charge is 0.223 e. The fraction of sp³-hybridized carbons (Fsp3) is 0.636. The van der Waals surface area contributed by atoms with Gasteiger partial charge in [0.1, 0.15) is 5.01 Å². The van der Waals surface area contributed by atoms with Gasteiger partial charge < -0.3 is 0 Å². The van der Waals surface area contributed by atoms with E-state index in [0.29, 0.717) is 5.92 Å². The average molecular weight is 223 g/mol. The van der Waals surface area contributed by atoms with Gasteiger partial charge in [-0.05, 0) is 19.3 Å². The predicted octanol–water partition coefficient (Wildman–Crippen LogP) is 2.86. The summed E-state index contributed by atoms with van der Waals surface area (Å²) in [6.45, 7) is 8.65. The van der Waals surface area contributed by atoms with Crippen molar-refractivity contribution in [3.05, 3.63) is 16.4 Å². The zero-order valence-corrected chi connectivity index (χ0v) is 10.6. The summed E-state index contributed by atoms with van der Waals surface area (Å²) < 4.78 is 2.01. The number of fused-ring (bicyclic) bond motifs is 1. The van der Waals surface area contributed by atoms with E-state index in [4.69, 9.17) is 0 Å². The van der Waals surface area contributed by atoms with E-state index >= 15 is 0 Å². The first-order chi connectivity index (χ1) is 7.11. The van der Waals surface area contributed by atoms with Crippen molar-refractivity contribution in [2.45, 2.75) is 40.5 Å². The molecule has 2 aromatic heterocycles. The summed E-state index contributed by atoms with van der Waals surface area (Å²) in [6.07, 6.45) is 2.05. The number of hydrogen-bond donors (Lipinski definition) is 0. The summed E-state index contributed by atoms with van der Waals surface area (Å²) in [4.78, 5) is 5.57. The Hall–Kier alpha value is -0.900. The first kappa shape index (κ1) is 10.6. The van der Waals surface area contributed by atoms with Crippen molar-refractivity contribution in [2.24, 2.45) is 5.92 Å². The third-order valence-corrected chi connectivity index (χ3v) is 3.39. The topological polar surface area (TPSA) is 30.2 Å². The Balaban J connectivity index is 2.44. The maximum atomic E-state index is 4.62. The highest BCUT2D eigenvalue weighted by molar-refractivity contribution is 7.16. The molecule has 0 bridgehead atoms. The third-order valence-electron chi connectivity index (χ3n) is 2.46. The van der Waals surface area contributed by atoms with Crippen LogP contribution in [0.1, 0.15) is 37.2 Å². The molecule has 0 fully saturated rings. The highest BCUT2D eigenvalue weighted by Gasteiger charge is 2.12. The van der Waals surface area contributed by atoms with Gasteiger partial charge in [0.2, 0.25) is 4.96 Å². The standard InChI is InChI=1S/C11H17N3S/c1-5-9-8(4)12-11-14(9)13-10(15-11)6-7(2)3/h7H,5-6H2,1-4H3. The van der Waals surface area contributed by atoms with Gasteiger partial charge >= 0.3 is 0 Å². The fourth-order valence-electron chi connectivity index (χ4n) is 1.77. The van der Waals surface area contributed by atoms with Gasteiger partial charge in [-0.1, -0.05) is 32.1 Å². The molecule has 0 saturated heterocycles. The van der Waals surface area contributed by atoms with Crippen LogP contribution in [0.25, 0.3) is 4.96 Å². The smallest absolute Gasteiger partial charge is 0.212 e. The van der Waals surface area contributed by atoms with E-state index < -0.39 is 0 Å². The SMILES string of the molecule is CCc1c(C)nc2sc(CC(C)C)nn12. The molecule has 3 nitrogen and oxygen atoms in total. The Morgan fingerprint density at radius 1 is 1.40 bits per heavy atom. The Kier molecular flexibility index (Phi) is 2.78. The lowest BCUT2D eigenvalue weighted by Crippen LogP contribution is -1.97. The molecule has 0 aliphatic heterocycles. The Morgan fingerprint density at radius 2 is 2.13 bits per heavy atom. The highest BCUT2D eigenvalue weighted by atomic mass is 32.1. The lowest BCUT2D eigenvalue weighted by Gasteiger charge is -1.98. The number of hydrogen-bond acceptors (Lipinski definition) is 3. The van der Waals surface area contributed by atoms with Crippen LogP contribution in [-0.4, -0.2) is 14.6 Å². The normalized spacial score (nSPS) is 11.8. The van der Waals surface area contributed by atoms with Crippen LogP contribution in [0.15, 0.2) is 0 Å². The molecule has 2 rings (SSSR count).